The first-order valence-corrected chi connectivity index (χ1v) is 17.7. The van der Waals surface area contributed by atoms with Gasteiger partial charge in [-0.2, -0.15) is 21.0 Å². The molecule has 1 aliphatic rings. The standard InChI is InChI=1S/C35H18N6O4S4/c36-13-21(14-37)40-25-11-23-29(48-25)27-31(46-23)32-28(30-24(47-32)12-26(49-30)41-22(15-38)16-39)35(27,33(42)44-17-19-7-3-1-4-8-19)34(43)45-18-20-9-5-2-6-10-20/h1-12,21,40H,17-18H2. The Hall–Kier alpha value is -5.87. The lowest BCUT2D eigenvalue weighted by molar-refractivity contribution is -0.164. The molecule has 236 valence electrons. The summed E-state index contributed by atoms with van der Waals surface area (Å²) in [6.07, 6.45) is 0. The first-order valence-electron chi connectivity index (χ1n) is 14.4. The third-order valence-corrected chi connectivity index (χ3v) is 12.5. The van der Waals surface area contributed by atoms with Gasteiger partial charge < -0.3 is 14.8 Å². The van der Waals surface area contributed by atoms with E-state index in [1.54, 1.807) is 24.3 Å². The highest BCUT2D eigenvalue weighted by Crippen LogP contribution is 2.64. The summed E-state index contributed by atoms with van der Waals surface area (Å²) in [7, 11) is 0. The van der Waals surface area contributed by atoms with Crippen LogP contribution in [0.25, 0.3) is 28.6 Å². The number of fused-ring (bicyclic) bond motifs is 7. The Morgan fingerprint density at radius 2 is 1.24 bits per heavy atom. The lowest BCUT2D eigenvalue weighted by Crippen LogP contribution is -2.45. The molecule has 0 unspecified atom stereocenters. The molecule has 6 aromatic rings. The predicted molar refractivity (Wildman–Crippen MR) is 189 cm³/mol. The van der Waals surface area contributed by atoms with Gasteiger partial charge in [-0.3, -0.25) is 9.59 Å². The Morgan fingerprint density at radius 3 is 1.76 bits per heavy atom. The average molecular weight is 715 g/mol. The summed E-state index contributed by atoms with van der Waals surface area (Å²) >= 11 is 5.15. The molecule has 0 saturated heterocycles. The highest BCUT2D eigenvalue weighted by Gasteiger charge is 2.62. The molecule has 0 atom stereocenters. The van der Waals surface area contributed by atoms with E-state index in [9.17, 15) is 30.6 Å². The van der Waals surface area contributed by atoms with Crippen molar-refractivity contribution < 1.29 is 19.1 Å². The third kappa shape index (κ3) is 5.40. The Kier molecular flexibility index (Phi) is 8.39. The molecule has 4 heterocycles. The van der Waals surface area contributed by atoms with Crippen molar-refractivity contribution in [3.05, 3.63) is 95.1 Å². The van der Waals surface area contributed by atoms with Crippen molar-refractivity contribution in [2.75, 3.05) is 5.32 Å². The Balaban J connectivity index is 1.45. The van der Waals surface area contributed by atoms with Gasteiger partial charge in [-0.25, -0.2) is 4.99 Å². The van der Waals surface area contributed by atoms with Crippen LogP contribution in [0.15, 0.2) is 77.8 Å². The van der Waals surface area contributed by atoms with Crippen molar-refractivity contribution >= 4 is 91.8 Å². The molecule has 1 aliphatic carbocycles. The number of anilines is 1. The van der Waals surface area contributed by atoms with Crippen LogP contribution in [0, 0.1) is 45.3 Å². The van der Waals surface area contributed by atoms with Gasteiger partial charge in [0.05, 0.1) is 24.2 Å². The highest BCUT2D eigenvalue weighted by molar-refractivity contribution is 7.36. The van der Waals surface area contributed by atoms with Crippen molar-refractivity contribution in [1.29, 1.82) is 21.0 Å². The summed E-state index contributed by atoms with van der Waals surface area (Å²) in [4.78, 5) is 35.3. The van der Waals surface area contributed by atoms with Crippen LogP contribution in [0.4, 0.5) is 10.0 Å². The monoisotopic (exact) mass is 714 g/mol. The molecule has 0 amide bonds. The number of nitriles is 4. The van der Waals surface area contributed by atoms with Crippen molar-refractivity contribution in [2.24, 2.45) is 4.99 Å². The lowest BCUT2D eigenvalue weighted by atomic mass is 9.79. The number of nitrogens with zero attached hydrogens (tertiary/aromatic N) is 5. The number of carbonyl (C=O) groups excluding carboxylic acids is 2. The van der Waals surface area contributed by atoms with E-state index in [0.29, 0.717) is 40.3 Å². The number of aliphatic imine (C=N–C) groups is 1. The van der Waals surface area contributed by atoms with Gasteiger partial charge >= 0.3 is 11.9 Å². The number of thiophene rings is 4. The molecule has 0 aliphatic heterocycles. The van der Waals surface area contributed by atoms with Crippen LogP contribution in [0.2, 0.25) is 0 Å². The molecular formula is C35H18N6O4S4. The predicted octanol–water partition coefficient (Wildman–Crippen LogP) is 7.94. The van der Waals surface area contributed by atoms with E-state index in [0.717, 1.165) is 31.9 Å². The largest absolute Gasteiger partial charge is 0.459 e. The number of benzene rings is 2. The minimum absolute atomic E-state index is 0.102. The van der Waals surface area contributed by atoms with Crippen LogP contribution in [-0.4, -0.2) is 23.7 Å². The molecule has 4 aromatic heterocycles. The zero-order valence-corrected chi connectivity index (χ0v) is 28.2. The zero-order chi connectivity index (χ0) is 34.1. The number of carbonyl (C=O) groups is 2. The summed E-state index contributed by atoms with van der Waals surface area (Å²) in [6, 6.07) is 28.0. The highest BCUT2D eigenvalue weighted by atomic mass is 32.1. The van der Waals surface area contributed by atoms with E-state index in [1.807, 2.05) is 72.8 Å². The molecule has 0 radical (unpaired) electrons. The number of nitrogens with one attached hydrogen (secondary N) is 1. The normalized spacial score (nSPS) is 12.3. The second-order valence-corrected chi connectivity index (χ2v) is 14.8. The number of hydrogen-bond acceptors (Lipinski definition) is 14. The van der Waals surface area contributed by atoms with Gasteiger partial charge in [0.2, 0.25) is 17.2 Å². The first kappa shape index (κ1) is 31.7. The van der Waals surface area contributed by atoms with Crippen molar-refractivity contribution in [3.8, 4) is 34.0 Å². The van der Waals surface area contributed by atoms with Gasteiger partial charge in [0.1, 0.15) is 42.5 Å². The van der Waals surface area contributed by atoms with Gasteiger partial charge in [0.25, 0.3) is 0 Å². The maximum atomic E-state index is 14.8. The van der Waals surface area contributed by atoms with Crippen LogP contribution in [0.5, 0.6) is 0 Å². The Bertz CT molecular complexity index is 2400. The fraction of sp³-hybridized carbons (Fsp3) is 0.114. The van der Waals surface area contributed by atoms with Crippen LogP contribution >= 0.6 is 45.3 Å². The molecule has 2 aromatic carbocycles. The van der Waals surface area contributed by atoms with E-state index in [4.69, 9.17) is 9.47 Å². The summed E-state index contributed by atoms with van der Waals surface area (Å²) in [5.41, 5.74) is -0.109. The number of hydrogen-bond donors (Lipinski definition) is 1. The lowest BCUT2D eigenvalue weighted by Gasteiger charge is -2.27. The average Bonchev–Trinajstić information content (AvgIpc) is 3.92. The minimum Gasteiger partial charge on any atom is -0.459 e. The molecule has 14 heteroatoms. The van der Waals surface area contributed by atoms with Gasteiger partial charge in [0.15, 0.2) is 0 Å². The molecule has 0 saturated carbocycles. The summed E-state index contributed by atoms with van der Waals surface area (Å²) in [5, 5.41) is 41.2. The summed E-state index contributed by atoms with van der Waals surface area (Å²) < 4.78 is 14.7. The second-order valence-electron chi connectivity index (χ2n) is 10.6. The van der Waals surface area contributed by atoms with Gasteiger partial charge in [-0.1, -0.05) is 60.7 Å². The molecular weight excluding hydrogens is 697 g/mol. The number of esters is 2. The molecule has 10 nitrogen and oxygen atoms in total. The SMILES string of the molecule is N#CC(C#N)=Nc1cc2sc3c(c2s1)C(C(=O)OCc1ccccc1)(C(=O)OCc1ccccc1)c1c-3sc2cc(NC(C#N)C#N)sc12. The quantitative estimate of drug-likeness (QED) is 0.0886. The third-order valence-electron chi connectivity index (χ3n) is 7.69. The topological polar surface area (TPSA) is 172 Å². The maximum Gasteiger partial charge on any atom is 0.333 e. The minimum atomic E-state index is -2.06. The van der Waals surface area contributed by atoms with E-state index in [1.165, 1.54) is 34.0 Å². The number of rotatable bonds is 9. The van der Waals surface area contributed by atoms with E-state index in [-0.39, 0.29) is 18.9 Å². The van der Waals surface area contributed by atoms with E-state index < -0.39 is 23.4 Å². The van der Waals surface area contributed by atoms with E-state index >= 15 is 0 Å². The smallest absolute Gasteiger partial charge is 0.333 e. The zero-order valence-electron chi connectivity index (χ0n) is 24.9. The van der Waals surface area contributed by atoms with Crippen LogP contribution in [0.3, 0.4) is 0 Å². The molecule has 0 bridgehead atoms. The molecule has 49 heavy (non-hydrogen) atoms. The van der Waals surface area contributed by atoms with Gasteiger partial charge in [-0.05, 0) is 23.3 Å². The molecule has 0 fully saturated rings. The molecule has 7 rings (SSSR count). The Labute approximate surface area is 294 Å². The summed E-state index contributed by atoms with van der Waals surface area (Å²) in [5.74, 6) is -1.64. The van der Waals surface area contributed by atoms with E-state index in [2.05, 4.69) is 10.3 Å². The van der Waals surface area contributed by atoms with Gasteiger partial charge in [0, 0.05) is 20.5 Å². The second kappa shape index (κ2) is 13.0. The van der Waals surface area contributed by atoms with Crippen LogP contribution in [-0.2, 0) is 37.7 Å². The van der Waals surface area contributed by atoms with Crippen molar-refractivity contribution in [2.45, 2.75) is 24.7 Å². The first-order chi connectivity index (χ1) is 23.9. The fourth-order valence-electron chi connectivity index (χ4n) is 5.59. The fourth-order valence-corrected chi connectivity index (χ4v) is 11.0. The maximum absolute atomic E-state index is 14.8. The Morgan fingerprint density at radius 1 is 0.735 bits per heavy atom. The van der Waals surface area contributed by atoms with Crippen molar-refractivity contribution in [3.63, 3.8) is 0 Å². The number of ether oxygens (including phenoxy) is 2. The van der Waals surface area contributed by atoms with Gasteiger partial charge in [-0.15, -0.1) is 45.3 Å². The molecule has 1 N–H and O–H groups in total. The van der Waals surface area contributed by atoms with Crippen molar-refractivity contribution in [1.82, 2.24) is 0 Å². The van der Waals surface area contributed by atoms with Crippen LogP contribution in [0.1, 0.15) is 22.3 Å². The van der Waals surface area contributed by atoms with Crippen LogP contribution < -0.4 is 5.32 Å². The summed E-state index contributed by atoms with van der Waals surface area (Å²) in [6.45, 7) is -0.203. The molecule has 0 spiro atoms.